The van der Waals surface area contributed by atoms with Crippen molar-refractivity contribution < 1.29 is 9.53 Å². The summed E-state index contributed by atoms with van der Waals surface area (Å²) in [5.74, 6) is 0.141. The number of amides is 1. The Labute approximate surface area is 110 Å². The van der Waals surface area contributed by atoms with Gasteiger partial charge >= 0.3 is 0 Å². The van der Waals surface area contributed by atoms with Crippen molar-refractivity contribution in [1.82, 2.24) is 10.2 Å². The maximum absolute atomic E-state index is 11.8. The number of hydrogen-bond donors (Lipinski definition) is 2. The Morgan fingerprint density at radius 1 is 1.56 bits per heavy atom. The summed E-state index contributed by atoms with van der Waals surface area (Å²) >= 11 is 0. The first kappa shape index (κ1) is 15.4. The van der Waals surface area contributed by atoms with Crippen LogP contribution in [-0.2, 0) is 9.53 Å². The van der Waals surface area contributed by atoms with Crippen molar-refractivity contribution >= 4 is 5.91 Å². The van der Waals surface area contributed by atoms with Crippen molar-refractivity contribution in [3.05, 3.63) is 0 Å². The van der Waals surface area contributed by atoms with Gasteiger partial charge in [-0.05, 0) is 25.3 Å². The third kappa shape index (κ3) is 4.55. The van der Waals surface area contributed by atoms with Gasteiger partial charge in [-0.25, -0.2) is 0 Å². The standard InChI is InChI=1S/C13H27N3O2/c1-10(2)12(14)13(17)15-9-11-5-4-6-16(11)7-8-18-3/h10-12H,4-9,14H2,1-3H3,(H,15,17)/t11?,12-/m0/s1. The van der Waals surface area contributed by atoms with Gasteiger partial charge in [0.25, 0.3) is 0 Å². The molecule has 5 nitrogen and oxygen atoms in total. The summed E-state index contributed by atoms with van der Waals surface area (Å²) < 4.78 is 5.10. The maximum atomic E-state index is 11.8. The van der Waals surface area contributed by atoms with Crippen molar-refractivity contribution in [2.45, 2.75) is 38.8 Å². The van der Waals surface area contributed by atoms with Crippen molar-refractivity contribution in [2.75, 3.05) is 33.4 Å². The largest absolute Gasteiger partial charge is 0.383 e. The summed E-state index contributed by atoms with van der Waals surface area (Å²) in [5, 5.41) is 2.97. The molecule has 106 valence electrons. The van der Waals surface area contributed by atoms with Crippen LogP contribution in [0.25, 0.3) is 0 Å². The van der Waals surface area contributed by atoms with Gasteiger partial charge in [-0.2, -0.15) is 0 Å². The van der Waals surface area contributed by atoms with Crippen LogP contribution in [0.5, 0.6) is 0 Å². The van der Waals surface area contributed by atoms with E-state index in [0.29, 0.717) is 12.6 Å². The molecule has 18 heavy (non-hydrogen) atoms. The Hall–Kier alpha value is -0.650. The number of carbonyl (C=O) groups is 1. The Bertz CT molecular complexity index is 259. The lowest BCUT2D eigenvalue weighted by Crippen LogP contribution is -2.48. The lowest BCUT2D eigenvalue weighted by Gasteiger charge is -2.25. The predicted octanol–water partition coefficient (Wildman–Crippen LogP) is 0.197. The molecule has 0 bridgehead atoms. The summed E-state index contributed by atoms with van der Waals surface area (Å²) in [6, 6.07) is 0.0299. The molecule has 1 amide bonds. The summed E-state index contributed by atoms with van der Waals surface area (Å²) in [4.78, 5) is 14.2. The molecule has 0 aromatic heterocycles. The van der Waals surface area contributed by atoms with Gasteiger partial charge in [0.05, 0.1) is 12.6 Å². The summed E-state index contributed by atoms with van der Waals surface area (Å²) in [6.07, 6.45) is 2.33. The minimum Gasteiger partial charge on any atom is -0.383 e. The molecule has 1 aliphatic heterocycles. The first-order chi connectivity index (χ1) is 8.56. The molecule has 1 fully saturated rings. The minimum absolute atomic E-state index is 0.0383. The van der Waals surface area contributed by atoms with E-state index in [4.69, 9.17) is 10.5 Å². The van der Waals surface area contributed by atoms with Gasteiger partial charge in [0, 0.05) is 26.2 Å². The van der Waals surface area contributed by atoms with Crippen LogP contribution in [0.4, 0.5) is 0 Å². The molecule has 0 aromatic carbocycles. The van der Waals surface area contributed by atoms with E-state index >= 15 is 0 Å². The highest BCUT2D eigenvalue weighted by Gasteiger charge is 2.25. The topological polar surface area (TPSA) is 67.6 Å². The summed E-state index contributed by atoms with van der Waals surface area (Å²) in [5.41, 5.74) is 5.81. The number of carbonyl (C=O) groups excluding carboxylic acids is 1. The van der Waals surface area contributed by atoms with Gasteiger partial charge in [0.15, 0.2) is 0 Å². The average molecular weight is 257 g/mol. The van der Waals surface area contributed by atoms with Gasteiger partial charge in [0.2, 0.25) is 5.91 Å². The normalized spacial score (nSPS) is 22.4. The van der Waals surface area contributed by atoms with Crippen LogP contribution in [0.2, 0.25) is 0 Å². The predicted molar refractivity (Wildman–Crippen MR) is 72.3 cm³/mol. The number of nitrogens with zero attached hydrogens (tertiary/aromatic N) is 1. The number of nitrogens with one attached hydrogen (secondary N) is 1. The maximum Gasteiger partial charge on any atom is 0.237 e. The fourth-order valence-corrected chi connectivity index (χ4v) is 2.27. The number of hydrogen-bond acceptors (Lipinski definition) is 4. The molecule has 5 heteroatoms. The Balaban J connectivity index is 2.31. The Morgan fingerprint density at radius 2 is 2.28 bits per heavy atom. The molecule has 2 atom stereocenters. The Morgan fingerprint density at radius 3 is 2.89 bits per heavy atom. The van der Waals surface area contributed by atoms with Gasteiger partial charge in [-0.3, -0.25) is 9.69 Å². The first-order valence-electron chi connectivity index (χ1n) is 6.82. The highest BCUT2D eigenvalue weighted by molar-refractivity contribution is 5.81. The molecule has 0 radical (unpaired) electrons. The van der Waals surface area contributed by atoms with Crippen LogP contribution in [0, 0.1) is 5.92 Å². The number of ether oxygens (including phenoxy) is 1. The van der Waals surface area contributed by atoms with Crippen LogP contribution in [0.3, 0.4) is 0 Å². The zero-order valence-corrected chi connectivity index (χ0v) is 11.8. The van der Waals surface area contributed by atoms with E-state index < -0.39 is 6.04 Å². The summed E-state index contributed by atoms with van der Waals surface area (Å²) in [6.45, 7) is 7.40. The van der Waals surface area contributed by atoms with E-state index in [1.54, 1.807) is 7.11 Å². The number of methoxy groups -OCH3 is 1. The highest BCUT2D eigenvalue weighted by Crippen LogP contribution is 2.15. The first-order valence-corrected chi connectivity index (χ1v) is 6.82. The highest BCUT2D eigenvalue weighted by atomic mass is 16.5. The third-order valence-corrected chi connectivity index (χ3v) is 3.61. The molecule has 0 aliphatic carbocycles. The second-order valence-corrected chi connectivity index (χ2v) is 5.34. The third-order valence-electron chi connectivity index (χ3n) is 3.61. The molecule has 1 unspecified atom stereocenters. The monoisotopic (exact) mass is 257 g/mol. The number of nitrogens with two attached hydrogens (primary N) is 1. The van der Waals surface area contributed by atoms with Gasteiger partial charge < -0.3 is 15.8 Å². The molecule has 0 saturated carbocycles. The van der Waals surface area contributed by atoms with Gasteiger partial charge in [-0.15, -0.1) is 0 Å². The fourth-order valence-electron chi connectivity index (χ4n) is 2.27. The smallest absolute Gasteiger partial charge is 0.237 e. The van der Waals surface area contributed by atoms with Crippen LogP contribution in [0.15, 0.2) is 0 Å². The molecular weight excluding hydrogens is 230 g/mol. The number of likely N-dealkylation sites (tertiary alicyclic amines) is 1. The quantitative estimate of drug-likeness (QED) is 0.683. The van der Waals surface area contributed by atoms with Crippen molar-refractivity contribution in [3.8, 4) is 0 Å². The molecule has 1 heterocycles. The van der Waals surface area contributed by atoms with Gasteiger partial charge in [-0.1, -0.05) is 13.8 Å². The second-order valence-electron chi connectivity index (χ2n) is 5.34. The van der Waals surface area contributed by atoms with Crippen LogP contribution < -0.4 is 11.1 Å². The SMILES string of the molecule is COCCN1CCCC1CNC(=O)[C@@H](N)C(C)C. The molecule has 3 N–H and O–H groups in total. The van der Waals surface area contributed by atoms with Crippen LogP contribution in [-0.4, -0.2) is 56.2 Å². The lowest BCUT2D eigenvalue weighted by molar-refractivity contribution is -0.123. The zero-order chi connectivity index (χ0) is 13.5. The van der Waals surface area contributed by atoms with Crippen molar-refractivity contribution in [3.63, 3.8) is 0 Å². The van der Waals surface area contributed by atoms with E-state index in [0.717, 1.165) is 26.1 Å². The average Bonchev–Trinajstić information content (AvgIpc) is 2.79. The van der Waals surface area contributed by atoms with Gasteiger partial charge in [0.1, 0.15) is 0 Å². The molecule has 0 aromatic rings. The number of rotatable bonds is 7. The molecule has 1 rings (SSSR count). The molecule has 1 saturated heterocycles. The van der Waals surface area contributed by atoms with E-state index in [1.807, 2.05) is 13.8 Å². The fraction of sp³-hybridized carbons (Fsp3) is 0.923. The lowest BCUT2D eigenvalue weighted by atomic mass is 10.0. The van der Waals surface area contributed by atoms with E-state index in [-0.39, 0.29) is 11.8 Å². The summed E-state index contributed by atoms with van der Waals surface area (Å²) in [7, 11) is 1.72. The minimum atomic E-state index is -0.404. The molecule has 1 aliphatic rings. The second kappa shape index (κ2) is 7.71. The van der Waals surface area contributed by atoms with E-state index in [2.05, 4.69) is 10.2 Å². The van der Waals surface area contributed by atoms with E-state index in [9.17, 15) is 4.79 Å². The molecule has 0 spiro atoms. The Kier molecular flexibility index (Phi) is 6.60. The van der Waals surface area contributed by atoms with Crippen LogP contribution >= 0.6 is 0 Å². The van der Waals surface area contributed by atoms with Crippen LogP contribution in [0.1, 0.15) is 26.7 Å². The van der Waals surface area contributed by atoms with Crippen molar-refractivity contribution in [2.24, 2.45) is 11.7 Å². The van der Waals surface area contributed by atoms with E-state index in [1.165, 1.54) is 6.42 Å². The molecular formula is C13H27N3O2. The zero-order valence-electron chi connectivity index (χ0n) is 11.8. The van der Waals surface area contributed by atoms with Crippen molar-refractivity contribution in [1.29, 1.82) is 0 Å².